The number of ether oxygens (including phenoxy) is 1. The zero-order valence-corrected chi connectivity index (χ0v) is 8.23. The lowest BCUT2D eigenvalue weighted by Gasteiger charge is -2.03. The van der Waals surface area contributed by atoms with Crippen LogP contribution in [0.15, 0.2) is 47.5 Å². The minimum atomic E-state index is 0.142. The van der Waals surface area contributed by atoms with Crippen LogP contribution in [-0.2, 0) is 4.74 Å². The number of nitrogens with zero attached hydrogens (tertiary/aromatic N) is 1. The van der Waals surface area contributed by atoms with Gasteiger partial charge in [0, 0.05) is 5.57 Å². The molecule has 0 saturated heterocycles. The molecule has 2 nitrogen and oxygen atoms in total. The van der Waals surface area contributed by atoms with Gasteiger partial charge in [0.15, 0.2) is 0 Å². The SMILES string of the molecule is C=C(C)C1=N[C@H](c2ccccc2)CO1. The molecule has 1 aliphatic rings. The van der Waals surface area contributed by atoms with E-state index in [4.69, 9.17) is 4.74 Å². The highest BCUT2D eigenvalue weighted by molar-refractivity contribution is 5.93. The molecule has 1 aromatic carbocycles. The average molecular weight is 187 g/mol. The van der Waals surface area contributed by atoms with Crippen LogP contribution in [0.3, 0.4) is 0 Å². The lowest BCUT2D eigenvalue weighted by Crippen LogP contribution is -1.99. The molecule has 1 heterocycles. The second-order valence-electron chi connectivity index (χ2n) is 3.45. The molecule has 0 spiro atoms. The van der Waals surface area contributed by atoms with Crippen molar-refractivity contribution >= 4 is 5.90 Å². The molecule has 0 aromatic heterocycles. The highest BCUT2D eigenvalue weighted by Crippen LogP contribution is 2.23. The van der Waals surface area contributed by atoms with Crippen molar-refractivity contribution in [2.75, 3.05) is 6.61 Å². The molecule has 2 heteroatoms. The van der Waals surface area contributed by atoms with Crippen LogP contribution in [0.2, 0.25) is 0 Å². The van der Waals surface area contributed by atoms with Crippen molar-refractivity contribution in [3.8, 4) is 0 Å². The highest BCUT2D eigenvalue weighted by atomic mass is 16.5. The summed E-state index contributed by atoms with van der Waals surface area (Å²) < 4.78 is 5.43. The number of benzene rings is 1. The molecular formula is C12H13NO. The van der Waals surface area contributed by atoms with Gasteiger partial charge in [0.05, 0.1) is 0 Å². The van der Waals surface area contributed by atoms with Gasteiger partial charge in [-0.2, -0.15) is 0 Å². The second-order valence-corrected chi connectivity index (χ2v) is 3.45. The summed E-state index contributed by atoms with van der Waals surface area (Å²) in [6, 6.07) is 10.3. The second kappa shape index (κ2) is 3.66. The first-order valence-corrected chi connectivity index (χ1v) is 4.69. The van der Waals surface area contributed by atoms with Gasteiger partial charge >= 0.3 is 0 Å². The largest absolute Gasteiger partial charge is 0.475 e. The van der Waals surface area contributed by atoms with Gasteiger partial charge in [-0.25, -0.2) is 4.99 Å². The quantitative estimate of drug-likeness (QED) is 0.697. The van der Waals surface area contributed by atoms with Crippen molar-refractivity contribution < 1.29 is 4.74 Å². The van der Waals surface area contributed by atoms with Gasteiger partial charge in [-0.15, -0.1) is 0 Å². The fraction of sp³-hybridized carbons (Fsp3) is 0.250. The Balaban J connectivity index is 2.20. The van der Waals surface area contributed by atoms with Crippen LogP contribution in [0.1, 0.15) is 18.5 Å². The lowest BCUT2D eigenvalue weighted by molar-refractivity contribution is 0.319. The highest BCUT2D eigenvalue weighted by Gasteiger charge is 2.20. The van der Waals surface area contributed by atoms with E-state index in [1.807, 2.05) is 25.1 Å². The van der Waals surface area contributed by atoms with Crippen LogP contribution in [0, 0.1) is 0 Å². The van der Waals surface area contributed by atoms with Gasteiger partial charge in [-0.3, -0.25) is 0 Å². The van der Waals surface area contributed by atoms with E-state index in [-0.39, 0.29) is 6.04 Å². The maximum Gasteiger partial charge on any atom is 0.211 e. The van der Waals surface area contributed by atoms with Crippen LogP contribution in [0.5, 0.6) is 0 Å². The predicted octanol–water partition coefficient (Wildman–Crippen LogP) is 2.73. The van der Waals surface area contributed by atoms with Gasteiger partial charge in [0.1, 0.15) is 12.6 Å². The van der Waals surface area contributed by atoms with E-state index >= 15 is 0 Å². The Morgan fingerprint density at radius 1 is 1.43 bits per heavy atom. The van der Waals surface area contributed by atoms with E-state index in [1.54, 1.807) is 0 Å². The molecule has 0 amide bonds. The summed E-state index contributed by atoms with van der Waals surface area (Å²) in [4.78, 5) is 4.45. The summed E-state index contributed by atoms with van der Waals surface area (Å²) in [5.74, 6) is 0.693. The monoisotopic (exact) mass is 187 g/mol. The third kappa shape index (κ3) is 1.69. The predicted molar refractivity (Wildman–Crippen MR) is 57.4 cm³/mol. The van der Waals surface area contributed by atoms with Crippen LogP contribution >= 0.6 is 0 Å². The normalized spacial score (nSPS) is 20.1. The van der Waals surface area contributed by atoms with Gasteiger partial charge in [-0.1, -0.05) is 36.9 Å². The zero-order valence-electron chi connectivity index (χ0n) is 8.23. The van der Waals surface area contributed by atoms with Crippen LogP contribution in [0.4, 0.5) is 0 Å². The Kier molecular flexibility index (Phi) is 2.35. The van der Waals surface area contributed by atoms with E-state index in [0.29, 0.717) is 12.5 Å². The average Bonchev–Trinajstić information content (AvgIpc) is 2.68. The molecular weight excluding hydrogens is 174 g/mol. The molecule has 72 valence electrons. The van der Waals surface area contributed by atoms with E-state index in [0.717, 1.165) is 5.57 Å². The van der Waals surface area contributed by atoms with E-state index < -0.39 is 0 Å². The van der Waals surface area contributed by atoms with Crippen molar-refractivity contribution in [2.45, 2.75) is 13.0 Å². The molecule has 0 radical (unpaired) electrons. The molecule has 1 aliphatic heterocycles. The summed E-state index contributed by atoms with van der Waals surface area (Å²) in [6.45, 7) is 6.35. The molecule has 0 unspecified atom stereocenters. The minimum absolute atomic E-state index is 0.142. The number of aliphatic imine (C=N–C) groups is 1. The fourth-order valence-electron chi connectivity index (χ4n) is 1.45. The molecule has 0 N–H and O–H groups in total. The number of rotatable bonds is 2. The Labute approximate surface area is 83.9 Å². The molecule has 1 aromatic rings. The Hall–Kier alpha value is -1.57. The molecule has 0 aliphatic carbocycles. The zero-order chi connectivity index (χ0) is 9.97. The maximum absolute atomic E-state index is 5.43. The van der Waals surface area contributed by atoms with Crippen molar-refractivity contribution in [3.63, 3.8) is 0 Å². The van der Waals surface area contributed by atoms with E-state index in [2.05, 4.69) is 23.7 Å². The van der Waals surface area contributed by atoms with Gasteiger partial charge in [0.25, 0.3) is 0 Å². The summed E-state index contributed by atoms with van der Waals surface area (Å²) in [5, 5.41) is 0. The maximum atomic E-state index is 5.43. The van der Waals surface area contributed by atoms with E-state index in [1.165, 1.54) is 5.56 Å². The lowest BCUT2D eigenvalue weighted by atomic mass is 10.1. The fourth-order valence-corrected chi connectivity index (χ4v) is 1.45. The number of hydrogen-bond donors (Lipinski definition) is 0. The standard InChI is InChI=1S/C12H13NO/c1-9(2)12-13-11(8-14-12)10-6-4-3-5-7-10/h3-7,11H,1,8H2,2H3/t11-/m0/s1. The first kappa shape index (κ1) is 9.00. The number of hydrogen-bond acceptors (Lipinski definition) is 2. The van der Waals surface area contributed by atoms with Crippen LogP contribution in [0.25, 0.3) is 0 Å². The van der Waals surface area contributed by atoms with Gasteiger partial charge in [-0.05, 0) is 12.5 Å². The van der Waals surface area contributed by atoms with Crippen LogP contribution < -0.4 is 0 Å². The van der Waals surface area contributed by atoms with E-state index in [9.17, 15) is 0 Å². The smallest absolute Gasteiger partial charge is 0.211 e. The third-order valence-corrected chi connectivity index (χ3v) is 2.20. The topological polar surface area (TPSA) is 21.6 Å². The molecule has 0 saturated carbocycles. The molecule has 0 bridgehead atoms. The minimum Gasteiger partial charge on any atom is -0.475 e. The van der Waals surface area contributed by atoms with Gasteiger partial charge in [0.2, 0.25) is 5.90 Å². The summed E-state index contributed by atoms with van der Waals surface area (Å²) >= 11 is 0. The first-order valence-electron chi connectivity index (χ1n) is 4.69. The van der Waals surface area contributed by atoms with Crippen molar-refractivity contribution in [1.82, 2.24) is 0 Å². The Morgan fingerprint density at radius 3 is 2.71 bits per heavy atom. The van der Waals surface area contributed by atoms with Crippen LogP contribution in [-0.4, -0.2) is 12.5 Å². The van der Waals surface area contributed by atoms with Crippen molar-refractivity contribution in [1.29, 1.82) is 0 Å². The van der Waals surface area contributed by atoms with Crippen molar-refractivity contribution in [3.05, 3.63) is 48.0 Å². The summed E-state index contributed by atoms with van der Waals surface area (Å²) in [6.07, 6.45) is 0. The molecule has 0 fully saturated rings. The van der Waals surface area contributed by atoms with Gasteiger partial charge < -0.3 is 4.74 Å². The Bertz CT molecular complexity index is 367. The Morgan fingerprint density at radius 2 is 2.14 bits per heavy atom. The molecule has 1 atom stereocenters. The molecule has 2 rings (SSSR count). The molecule has 14 heavy (non-hydrogen) atoms. The van der Waals surface area contributed by atoms with Crippen molar-refractivity contribution in [2.24, 2.45) is 4.99 Å². The summed E-state index contributed by atoms with van der Waals surface area (Å²) in [7, 11) is 0. The third-order valence-electron chi connectivity index (χ3n) is 2.20. The summed E-state index contributed by atoms with van der Waals surface area (Å²) in [5.41, 5.74) is 2.09. The first-order chi connectivity index (χ1) is 6.77.